The molecule has 0 aromatic heterocycles. The first-order valence-electron chi connectivity index (χ1n) is 5.11. The lowest BCUT2D eigenvalue weighted by Crippen LogP contribution is -2.26. The van der Waals surface area contributed by atoms with E-state index in [0.717, 1.165) is 11.3 Å². The predicted octanol–water partition coefficient (Wildman–Crippen LogP) is 2.27. The van der Waals surface area contributed by atoms with Crippen molar-refractivity contribution in [3.05, 3.63) is 22.7 Å². The molecule has 94 valence electrons. The second-order valence-electron chi connectivity index (χ2n) is 3.71. The van der Waals surface area contributed by atoms with Crippen molar-refractivity contribution in [1.82, 2.24) is 0 Å². The zero-order valence-corrected chi connectivity index (χ0v) is 11.2. The number of esters is 1. The molecule has 5 heteroatoms. The largest absolute Gasteiger partial charge is 0.495 e. The van der Waals surface area contributed by atoms with Gasteiger partial charge in [0.25, 0.3) is 0 Å². The van der Waals surface area contributed by atoms with Gasteiger partial charge in [-0.15, -0.1) is 0 Å². The summed E-state index contributed by atoms with van der Waals surface area (Å²) in [6.45, 7) is 2.06. The molecule has 0 saturated heterocycles. The summed E-state index contributed by atoms with van der Waals surface area (Å²) in [5.74, 6) is 0.328. The van der Waals surface area contributed by atoms with Gasteiger partial charge in [-0.25, -0.2) is 0 Å². The standard InChI is InChI=1S/C12H16ClNO3/c1-8-5-10(11(16-3)6-9(8)13)14(2)7-12(15)17-4/h5-6H,7H2,1-4H3. The third-order valence-electron chi connectivity index (χ3n) is 2.47. The van der Waals surface area contributed by atoms with Crippen LogP contribution in [0.25, 0.3) is 0 Å². The second-order valence-corrected chi connectivity index (χ2v) is 4.11. The van der Waals surface area contributed by atoms with Crippen LogP contribution in [0.15, 0.2) is 12.1 Å². The number of anilines is 1. The topological polar surface area (TPSA) is 38.8 Å². The number of likely N-dealkylation sites (N-methyl/N-ethyl adjacent to an activating group) is 1. The molecule has 0 heterocycles. The zero-order chi connectivity index (χ0) is 13.0. The molecule has 0 aliphatic heterocycles. The van der Waals surface area contributed by atoms with Gasteiger partial charge in [0.1, 0.15) is 12.3 Å². The lowest BCUT2D eigenvalue weighted by molar-refractivity contribution is -0.138. The molecule has 4 nitrogen and oxygen atoms in total. The van der Waals surface area contributed by atoms with Crippen LogP contribution in [0.4, 0.5) is 5.69 Å². The van der Waals surface area contributed by atoms with Crippen LogP contribution in [0.3, 0.4) is 0 Å². The molecule has 1 rings (SSSR count). The Labute approximate surface area is 106 Å². The molecule has 17 heavy (non-hydrogen) atoms. The molecule has 0 radical (unpaired) electrons. The van der Waals surface area contributed by atoms with Crippen molar-refractivity contribution in [2.75, 3.05) is 32.7 Å². The fourth-order valence-corrected chi connectivity index (χ4v) is 1.61. The van der Waals surface area contributed by atoms with Gasteiger partial charge in [0.05, 0.1) is 19.9 Å². The highest BCUT2D eigenvalue weighted by Gasteiger charge is 2.13. The van der Waals surface area contributed by atoms with E-state index >= 15 is 0 Å². The number of ether oxygens (including phenoxy) is 2. The van der Waals surface area contributed by atoms with E-state index in [4.69, 9.17) is 16.3 Å². The summed E-state index contributed by atoms with van der Waals surface area (Å²) in [5.41, 5.74) is 1.74. The summed E-state index contributed by atoms with van der Waals surface area (Å²) >= 11 is 6.01. The highest BCUT2D eigenvalue weighted by Crippen LogP contribution is 2.32. The fourth-order valence-electron chi connectivity index (χ4n) is 1.45. The summed E-state index contributed by atoms with van der Waals surface area (Å²) < 4.78 is 9.86. The Balaban J connectivity index is 3.03. The van der Waals surface area contributed by atoms with Crippen molar-refractivity contribution in [2.45, 2.75) is 6.92 Å². The minimum absolute atomic E-state index is 0.161. The molecule has 0 bridgehead atoms. The van der Waals surface area contributed by atoms with Crippen LogP contribution < -0.4 is 9.64 Å². The molecule has 0 amide bonds. The summed E-state index contributed by atoms with van der Waals surface area (Å²) in [6.07, 6.45) is 0. The number of nitrogens with zero attached hydrogens (tertiary/aromatic N) is 1. The number of benzene rings is 1. The third kappa shape index (κ3) is 3.27. The van der Waals surface area contributed by atoms with Gasteiger partial charge in [0.2, 0.25) is 0 Å². The van der Waals surface area contributed by atoms with Gasteiger partial charge in [-0.3, -0.25) is 4.79 Å². The zero-order valence-electron chi connectivity index (χ0n) is 10.4. The summed E-state index contributed by atoms with van der Waals surface area (Å²) in [7, 11) is 4.72. The first kappa shape index (κ1) is 13.6. The fraction of sp³-hybridized carbons (Fsp3) is 0.417. The van der Waals surface area contributed by atoms with Crippen LogP contribution in [-0.4, -0.2) is 33.8 Å². The smallest absolute Gasteiger partial charge is 0.325 e. The van der Waals surface area contributed by atoms with Gasteiger partial charge in [-0.2, -0.15) is 0 Å². The van der Waals surface area contributed by atoms with Gasteiger partial charge in [-0.05, 0) is 18.6 Å². The Kier molecular flexibility index (Phi) is 4.63. The molecule has 1 aromatic rings. The molecular weight excluding hydrogens is 242 g/mol. The van der Waals surface area contributed by atoms with Crippen molar-refractivity contribution in [2.24, 2.45) is 0 Å². The van der Waals surface area contributed by atoms with E-state index < -0.39 is 0 Å². The Hall–Kier alpha value is -1.42. The second kappa shape index (κ2) is 5.77. The van der Waals surface area contributed by atoms with Crippen LogP contribution in [0.5, 0.6) is 5.75 Å². The Morgan fingerprint density at radius 2 is 2.06 bits per heavy atom. The quantitative estimate of drug-likeness (QED) is 0.776. The number of rotatable bonds is 4. The molecule has 0 atom stereocenters. The highest BCUT2D eigenvalue weighted by atomic mass is 35.5. The molecule has 0 aliphatic carbocycles. The van der Waals surface area contributed by atoms with Gasteiger partial charge >= 0.3 is 5.97 Å². The lowest BCUT2D eigenvalue weighted by atomic mass is 10.2. The average Bonchev–Trinajstić information content (AvgIpc) is 2.31. The third-order valence-corrected chi connectivity index (χ3v) is 2.87. The van der Waals surface area contributed by atoms with Crippen molar-refractivity contribution >= 4 is 23.3 Å². The maximum absolute atomic E-state index is 11.2. The number of carbonyl (C=O) groups is 1. The Morgan fingerprint density at radius 1 is 1.41 bits per heavy atom. The molecular formula is C12H16ClNO3. The highest BCUT2D eigenvalue weighted by molar-refractivity contribution is 6.31. The van der Waals surface area contributed by atoms with Gasteiger partial charge < -0.3 is 14.4 Å². The molecule has 0 unspecified atom stereocenters. The minimum Gasteiger partial charge on any atom is -0.495 e. The van der Waals surface area contributed by atoms with Gasteiger partial charge in [0.15, 0.2) is 0 Å². The van der Waals surface area contributed by atoms with E-state index in [1.807, 2.05) is 13.0 Å². The van der Waals surface area contributed by atoms with Crippen molar-refractivity contribution in [1.29, 1.82) is 0 Å². The number of halogens is 1. The molecule has 0 N–H and O–H groups in total. The predicted molar refractivity (Wildman–Crippen MR) is 68.0 cm³/mol. The van der Waals surface area contributed by atoms with E-state index in [2.05, 4.69) is 4.74 Å². The number of methoxy groups -OCH3 is 2. The molecule has 0 saturated carbocycles. The van der Waals surface area contributed by atoms with Crippen LogP contribution in [0.1, 0.15) is 5.56 Å². The molecule has 1 aromatic carbocycles. The van der Waals surface area contributed by atoms with Crippen molar-refractivity contribution < 1.29 is 14.3 Å². The van der Waals surface area contributed by atoms with Crippen LogP contribution in [-0.2, 0) is 9.53 Å². The average molecular weight is 258 g/mol. The van der Waals surface area contributed by atoms with E-state index in [1.165, 1.54) is 7.11 Å². The monoisotopic (exact) mass is 257 g/mol. The first-order valence-corrected chi connectivity index (χ1v) is 5.49. The normalized spacial score (nSPS) is 9.94. The van der Waals surface area contributed by atoms with Crippen LogP contribution in [0, 0.1) is 6.92 Å². The minimum atomic E-state index is -0.304. The summed E-state index contributed by atoms with van der Waals surface area (Å²) in [6, 6.07) is 3.62. The van der Waals surface area contributed by atoms with Gasteiger partial charge in [-0.1, -0.05) is 11.6 Å². The summed E-state index contributed by atoms with van der Waals surface area (Å²) in [4.78, 5) is 13.0. The van der Waals surface area contributed by atoms with Crippen molar-refractivity contribution in [3.8, 4) is 5.75 Å². The molecule has 0 aliphatic rings. The summed E-state index contributed by atoms with van der Waals surface area (Å²) in [5, 5.41) is 0.636. The maximum Gasteiger partial charge on any atom is 0.325 e. The number of carbonyl (C=O) groups excluding carboxylic acids is 1. The van der Waals surface area contributed by atoms with E-state index in [0.29, 0.717) is 10.8 Å². The van der Waals surface area contributed by atoms with E-state index in [-0.39, 0.29) is 12.5 Å². The van der Waals surface area contributed by atoms with Crippen LogP contribution in [0.2, 0.25) is 5.02 Å². The maximum atomic E-state index is 11.2. The Morgan fingerprint density at radius 3 is 2.59 bits per heavy atom. The Bertz CT molecular complexity index is 420. The molecule has 0 spiro atoms. The first-order chi connectivity index (χ1) is 7.99. The number of hydrogen-bond acceptors (Lipinski definition) is 4. The van der Waals surface area contributed by atoms with Crippen LogP contribution >= 0.6 is 11.6 Å². The number of hydrogen-bond donors (Lipinski definition) is 0. The van der Waals surface area contributed by atoms with E-state index in [9.17, 15) is 4.79 Å². The number of aryl methyl sites for hydroxylation is 1. The van der Waals surface area contributed by atoms with Crippen molar-refractivity contribution in [3.63, 3.8) is 0 Å². The van der Waals surface area contributed by atoms with Gasteiger partial charge in [0, 0.05) is 18.1 Å². The van der Waals surface area contributed by atoms with E-state index in [1.54, 1.807) is 25.1 Å². The SMILES string of the molecule is COC(=O)CN(C)c1cc(C)c(Cl)cc1OC. The molecule has 0 fully saturated rings. The lowest BCUT2D eigenvalue weighted by Gasteiger charge is -2.21.